The molecule has 0 aromatic heterocycles. The van der Waals surface area contributed by atoms with Crippen LogP contribution in [0.2, 0.25) is 0 Å². The van der Waals surface area contributed by atoms with Crippen LogP contribution in [0.3, 0.4) is 0 Å². The summed E-state index contributed by atoms with van der Waals surface area (Å²) in [5, 5.41) is 5.54. The predicted molar refractivity (Wildman–Crippen MR) is 75.4 cm³/mol. The molecule has 1 rings (SSSR count). The van der Waals surface area contributed by atoms with E-state index in [1.807, 2.05) is 27.7 Å². The molecule has 7 heteroatoms. The van der Waals surface area contributed by atoms with Gasteiger partial charge in [0.05, 0.1) is 5.75 Å². The van der Waals surface area contributed by atoms with E-state index in [2.05, 4.69) is 10.6 Å². The maximum absolute atomic E-state index is 11.8. The first kappa shape index (κ1) is 16.2. The van der Waals surface area contributed by atoms with Gasteiger partial charge in [-0.3, -0.25) is 0 Å². The molecular weight excluding hydrogens is 266 g/mol. The molecule has 2 amide bonds. The van der Waals surface area contributed by atoms with Crippen molar-refractivity contribution in [2.45, 2.75) is 40.2 Å². The Hall–Kier alpha value is -0.820. The zero-order valence-corrected chi connectivity index (χ0v) is 13.0. The van der Waals surface area contributed by atoms with Crippen LogP contribution >= 0.6 is 0 Å². The van der Waals surface area contributed by atoms with Crippen molar-refractivity contribution in [3.8, 4) is 0 Å². The van der Waals surface area contributed by atoms with Gasteiger partial charge in [-0.1, -0.05) is 20.8 Å². The summed E-state index contributed by atoms with van der Waals surface area (Å²) in [7, 11) is -3.13. The minimum Gasteiger partial charge on any atom is -0.338 e. The Bertz CT molecular complexity index is 414. The third-order valence-electron chi connectivity index (χ3n) is 3.28. The van der Waals surface area contributed by atoms with E-state index in [4.69, 9.17) is 0 Å². The van der Waals surface area contributed by atoms with Crippen LogP contribution in [0, 0.1) is 5.41 Å². The molecule has 0 aromatic carbocycles. The van der Waals surface area contributed by atoms with Gasteiger partial charge in [0.1, 0.15) is 0 Å². The molecule has 1 aliphatic heterocycles. The smallest absolute Gasteiger partial charge is 0.315 e. The fraction of sp³-hybridized carbons (Fsp3) is 0.917. The highest BCUT2D eigenvalue weighted by molar-refractivity contribution is 7.89. The fourth-order valence-corrected chi connectivity index (χ4v) is 3.54. The second kappa shape index (κ2) is 6.09. The lowest BCUT2D eigenvalue weighted by Crippen LogP contribution is -2.53. The number of hydrogen-bond acceptors (Lipinski definition) is 3. The van der Waals surface area contributed by atoms with Gasteiger partial charge >= 0.3 is 6.03 Å². The summed E-state index contributed by atoms with van der Waals surface area (Å²) in [5.41, 5.74) is -0.205. The SMILES string of the molecule is CCNC(=O)NC(CN1CCCS1(=O)=O)C(C)(C)C. The van der Waals surface area contributed by atoms with E-state index in [-0.39, 0.29) is 23.2 Å². The molecule has 19 heavy (non-hydrogen) atoms. The van der Waals surface area contributed by atoms with Crippen LogP contribution in [-0.2, 0) is 10.0 Å². The lowest BCUT2D eigenvalue weighted by molar-refractivity contribution is 0.205. The van der Waals surface area contributed by atoms with Gasteiger partial charge in [0.2, 0.25) is 10.0 Å². The van der Waals surface area contributed by atoms with Gasteiger partial charge in [-0.15, -0.1) is 0 Å². The van der Waals surface area contributed by atoms with Crippen molar-refractivity contribution in [3.05, 3.63) is 0 Å². The number of hydrogen-bond donors (Lipinski definition) is 2. The van der Waals surface area contributed by atoms with Gasteiger partial charge < -0.3 is 10.6 Å². The first-order chi connectivity index (χ1) is 8.66. The molecule has 112 valence electrons. The van der Waals surface area contributed by atoms with Gasteiger partial charge in [0.15, 0.2) is 0 Å². The highest BCUT2D eigenvalue weighted by Crippen LogP contribution is 2.23. The Labute approximate surface area is 116 Å². The summed E-state index contributed by atoms with van der Waals surface area (Å²) in [5.74, 6) is 0.213. The lowest BCUT2D eigenvalue weighted by Gasteiger charge is -2.34. The van der Waals surface area contributed by atoms with Gasteiger partial charge in [0.25, 0.3) is 0 Å². The maximum Gasteiger partial charge on any atom is 0.315 e. The standard InChI is InChI=1S/C12H25N3O3S/c1-5-13-11(16)14-10(12(2,3)4)9-15-7-6-8-19(15,17)18/h10H,5-9H2,1-4H3,(H2,13,14,16). The van der Waals surface area contributed by atoms with E-state index in [0.29, 0.717) is 26.1 Å². The van der Waals surface area contributed by atoms with E-state index in [1.165, 1.54) is 4.31 Å². The first-order valence-corrected chi connectivity index (χ1v) is 8.30. The summed E-state index contributed by atoms with van der Waals surface area (Å²) in [6, 6.07) is -0.467. The van der Waals surface area contributed by atoms with Crippen LogP contribution in [0.15, 0.2) is 0 Å². The van der Waals surface area contributed by atoms with Crippen molar-refractivity contribution in [2.75, 3.05) is 25.4 Å². The van der Waals surface area contributed by atoms with Crippen LogP contribution in [0.1, 0.15) is 34.1 Å². The normalized spacial score (nSPS) is 21.1. The summed E-state index contributed by atoms with van der Waals surface area (Å²) in [4.78, 5) is 11.6. The van der Waals surface area contributed by atoms with E-state index in [1.54, 1.807) is 0 Å². The van der Waals surface area contributed by atoms with Crippen molar-refractivity contribution < 1.29 is 13.2 Å². The summed E-state index contributed by atoms with van der Waals surface area (Å²) < 4.78 is 25.1. The molecule has 0 radical (unpaired) electrons. The molecule has 1 saturated heterocycles. The Morgan fingerprint density at radius 1 is 1.37 bits per heavy atom. The predicted octanol–water partition coefficient (Wildman–Crippen LogP) is 0.756. The topological polar surface area (TPSA) is 78.5 Å². The number of nitrogens with zero attached hydrogens (tertiary/aromatic N) is 1. The summed E-state index contributed by atoms with van der Waals surface area (Å²) in [6.07, 6.45) is 0.667. The van der Waals surface area contributed by atoms with E-state index in [9.17, 15) is 13.2 Å². The minimum atomic E-state index is -3.13. The molecule has 1 atom stereocenters. The van der Waals surface area contributed by atoms with Crippen LogP contribution in [0.4, 0.5) is 4.79 Å². The largest absolute Gasteiger partial charge is 0.338 e. The number of carbonyl (C=O) groups excluding carboxylic acids is 1. The lowest BCUT2D eigenvalue weighted by atomic mass is 9.86. The maximum atomic E-state index is 11.8. The van der Waals surface area contributed by atoms with Crippen molar-refractivity contribution in [1.82, 2.24) is 14.9 Å². The monoisotopic (exact) mass is 291 g/mol. The first-order valence-electron chi connectivity index (χ1n) is 6.69. The van der Waals surface area contributed by atoms with Crippen LogP contribution in [0.25, 0.3) is 0 Å². The Balaban J connectivity index is 2.73. The van der Waals surface area contributed by atoms with E-state index < -0.39 is 10.0 Å². The third-order valence-corrected chi connectivity index (χ3v) is 5.20. The highest BCUT2D eigenvalue weighted by atomic mass is 32.2. The molecule has 0 bridgehead atoms. The number of urea groups is 1. The fourth-order valence-electron chi connectivity index (χ4n) is 2.01. The Morgan fingerprint density at radius 3 is 2.42 bits per heavy atom. The molecule has 0 aromatic rings. The Kier molecular flexibility index (Phi) is 5.20. The molecule has 0 saturated carbocycles. The number of amides is 2. The van der Waals surface area contributed by atoms with E-state index >= 15 is 0 Å². The zero-order valence-electron chi connectivity index (χ0n) is 12.2. The number of rotatable bonds is 4. The van der Waals surface area contributed by atoms with Gasteiger partial charge in [0, 0.05) is 25.7 Å². The second-order valence-electron chi connectivity index (χ2n) is 5.95. The van der Waals surface area contributed by atoms with Crippen LogP contribution in [0.5, 0.6) is 0 Å². The van der Waals surface area contributed by atoms with Crippen molar-refractivity contribution in [3.63, 3.8) is 0 Å². The molecule has 2 N–H and O–H groups in total. The van der Waals surface area contributed by atoms with Gasteiger partial charge in [-0.2, -0.15) is 4.31 Å². The number of carbonyl (C=O) groups is 1. The molecule has 0 aliphatic carbocycles. The van der Waals surface area contributed by atoms with Gasteiger partial charge in [-0.25, -0.2) is 13.2 Å². The minimum absolute atomic E-state index is 0.205. The zero-order chi connectivity index (χ0) is 14.7. The molecule has 0 spiro atoms. The summed E-state index contributed by atoms with van der Waals surface area (Å²) >= 11 is 0. The number of nitrogens with one attached hydrogen (secondary N) is 2. The average Bonchev–Trinajstić information content (AvgIpc) is 2.56. The highest BCUT2D eigenvalue weighted by Gasteiger charge is 2.35. The molecule has 1 unspecified atom stereocenters. The number of sulfonamides is 1. The second-order valence-corrected chi connectivity index (χ2v) is 8.04. The molecule has 6 nitrogen and oxygen atoms in total. The van der Waals surface area contributed by atoms with E-state index in [0.717, 1.165) is 0 Å². The molecule has 1 heterocycles. The molecule has 1 fully saturated rings. The van der Waals surface area contributed by atoms with Crippen molar-refractivity contribution >= 4 is 16.1 Å². The van der Waals surface area contributed by atoms with Crippen molar-refractivity contribution in [2.24, 2.45) is 5.41 Å². The average molecular weight is 291 g/mol. The summed E-state index contributed by atoms with van der Waals surface area (Å²) in [6.45, 7) is 9.25. The molecular formula is C12H25N3O3S. The Morgan fingerprint density at radius 2 is 2.00 bits per heavy atom. The van der Waals surface area contributed by atoms with Crippen molar-refractivity contribution in [1.29, 1.82) is 0 Å². The van der Waals surface area contributed by atoms with Crippen LogP contribution < -0.4 is 10.6 Å². The third kappa shape index (κ3) is 4.65. The quantitative estimate of drug-likeness (QED) is 0.802. The van der Waals surface area contributed by atoms with Gasteiger partial charge in [-0.05, 0) is 18.8 Å². The molecule has 1 aliphatic rings. The van der Waals surface area contributed by atoms with Crippen LogP contribution in [-0.4, -0.2) is 50.2 Å².